The molecule has 0 aromatic rings. The van der Waals surface area contributed by atoms with E-state index in [1.54, 1.807) is 6.92 Å². The number of ether oxygens (including phenoxy) is 4. The number of Topliss-reactive ketones (excluding diaryl/α,β-unsaturated/α-hetero) is 1. The number of hydrogen-bond acceptors (Lipinski definition) is 6. The zero-order valence-electron chi connectivity index (χ0n) is 14.1. The van der Waals surface area contributed by atoms with Crippen LogP contribution in [0.4, 0.5) is 0 Å². The Labute approximate surface area is 152 Å². The molecule has 0 aromatic heterocycles. The minimum absolute atomic E-state index is 0. The van der Waals surface area contributed by atoms with Gasteiger partial charge < -0.3 is 18.9 Å². The molecule has 0 heterocycles. The van der Waals surface area contributed by atoms with E-state index in [2.05, 4.69) is 0 Å². The third-order valence-corrected chi connectivity index (χ3v) is 2.51. The van der Waals surface area contributed by atoms with Crippen molar-refractivity contribution in [2.24, 2.45) is 0 Å². The van der Waals surface area contributed by atoms with Crippen LogP contribution in [0.15, 0.2) is 0 Å². The Morgan fingerprint density at radius 1 is 0.864 bits per heavy atom. The number of rotatable bonds is 13. The summed E-state index contributed by atoms with van der Waals surface area (Å²) in [7, 11) is 0. The van der Waals surface area contributed by atoms with Crippen molar-refractivity contribution in [1.82, 2.24) is 0 Å². The number of carbonyl (C=O) groups is 2. The van der Waals surface area contributed by atoms with Crippen molar-refractivity contribution in [3.63, 3.8) is 0 Å². The molecule has 0 spiro atoms. The molecule has 0 bridgehead atoms. The van der Waals surface area contributed by atoms with E-state index in [4.69, 9.17) is 18.9 Å². The first-order chi connectivity index (χ1) is 10.1. The fourth-order valence-electron chi connectivity index (χ4n) is 1.56. The van der Waals surface area contributed by atoms with E-state index in [1.165, 1.54) is 0 Å². The number of hydrogen-bond donors (Lipinski definition) is 0. The maximum atomic E-state index is 12.4. The van der Waals surface area contributed by atoms with Gasteiger partial charge in [-0.3, -0.25) is 4.79 Å². The van der Waals surface area contributed by atoms with Crippen LogP contribution in [0.25, 0.3) is 0 Å². The van der Waals surface area contributed by atoms with Gasteiger partial charge in [0.05, 0.1) is 19.8 Å². The summed E-state index contributed by atoms with van der Waals surface area (Å²) in [4.78, 5) is 24.6. The topological polar surface area (TPSA) is 71.1 Å². The second-order valence-corrected chi connectivity index (χ2v) is 4.51. The molecule has 7 heteroatoms. The number of esters is 1. The van der Waals surface area contributed by atoms with Crippen molar-refractivity contribution < 1.29 is 54.7 Å². The summed E-state index contributed by atoms with van der Waals surface area (Å²) in [5, 5.41) is 0. The maximum absolute atomic E-state index is 12.4. The van der Waals surface area contributed by atoms with Crippen molar-refractivity contribution in [3.05, 3.63) is 0 Å². The van der Waals surface area contributed by atoms with E-state index >= 15 is 0 Å². The SMILES string of the molecule is CCCOCC(=O)C(OCCC)(OCCC)C(=O)OCC.[Zr]. The van der Waals surface area contributed by atoms with E-state index in [-0.39, 0.29) is 52.6 Å². The van der Waals surface area contributed by atoms with Gasteiger partial charge in [0, 0.05) is 32.8 Å². The molecule has 0 saturated carbocycles. The smallest absolute Gasteiger partial charge is 0.375 e. The average molecular weight is 396 g/mol. The molecular weight excluding hydrogens is 367 g/mol. The Morgan fingerprint density at radius 3 is 1.77 bits per heavy atom. The Balaban J connectivity index is 0. The second kappa shape index (κ2) is 14.5. The molecule has 128 valence electrons. The van der Waals surface area contributed by atoms with Crippen molar-refractivity contribution >= 4 is 11.8 Å². The standard InChI is InChI=1S/C15H28O6.Zr/c1-5-9-18-12-13(16)15(20-10-6-2,21-11-7-3)14(17)19-8-4;/h5-12H2,1-4H3;. The molecule has 0 radical (unpaired) electrons. The largest absolute Gasteiger partial charge is 0.462 e. The molecule has 0 unspecified atom stereocenters. The van der Waals surface area contributed by atoms with Gasteiger partial charge in [0.25, 0.3) is 0 Å². The first kappa shape index (κ1) is 24.2. The average Bonchev–Trinajstić information content (AvgIpc) is 2.48. The van der Waals surface area contributed by atoms with E-state index in [9.17, 15) is 9.59 Å². The molecule has 0 rings (SSSR count). The molecular formula is C15H28O6Zr. The van der Waals surface area contributed by atoms with Crippen LogP contribution >= 0.6 is 0 Å². The van der Waals surface area contributed by atoms with Crippen molar-refractivity contribution in [2.45, 2.75) is 52.7 Å². The monoisotopic (exact) mass is 394 g/mol. The normalized spacial score (nSPS) is 10.9. The van der Waals surface area contributed by atoms with Crippen LogP contribution in [-0.4, -0.2) is 50.6 Å². The molecule has 0 fully saturated rings. The Morgan fingerprint density at radius 2 is 1.36 bits per heavy atom. The predicted octanol–water partition coefficient (Wildman–Crippen LogP) is 2.09. The summed E-state index contributed by atoms with van der Waals surface area (Å²) >= 11 is 0. The molecule has 0 aromatic carbocycles. The van der Waals surface area contributed by atoms with Crippen LogP contribution < -0.4 is 0 Å². The fraction of sp³-hybridized carbons (Fsp3) is 0.867. The molecule has 0 aliphatic heterocycles. The van der Waals surface area contributed by atoms with E-state index in [0.717, 1.165) is 6.42 Å². The Kier molecular flexibility index (Phi) is 15.9. The van der Waals surface area contributed by atoms with E-state index in [0.29, 0.717) is 19.4 Å². The summed E-state index contributed by atoms with van der Waals surface area (Å²) in [5.74, 6) is -3.37. The van der Waals surface area contributed by atoms with Crippen LogP contribution in [-0.2, 0) is 54.7 Å². The van der Waals surface area contributed by atoms with Crippen LogP contribution in [0.3, 0.4) is 0 Å². The van der Waals surface area contributed by atoms with Gasteiger partial charge in [0.2, 0.25) is 5.78 Å². The quantitative estimate of drug-likeness (QED) is 0.206. The van der Waals surface area contributed by atoms with Gasteiger partial charge in [-0.25, -0.2) is 4.79 Å². The third-order valence-electron chi connectivity index (χ3n) is 2.51. The molecule has 0 amide bonds. The first-order valence-electron chi connectivity index (χ1n) is 7.65. The van der Waals surface area contributed by atoms with Gasteiger partial charge in [0.15, 0.2) is 0 Å². The molecule has 0 saturated heterocycles. The predicted molar refractivity (Wildman–Crippen MR) is 78.0 cm³/mol. The molecule has 0 atom stereocenters. The van der Waals surface area contributed by atoms with Gasteiger partial charge in [0.1, 0.15) is 6.61 Å². The summed E-state index contributed by atoms with van der Waals surface area (Å²) in [5.41, 5.74) is 0. The summed E-state index contributed by atoms with van der Waals surface area (Å²) in [6.07, 6.45) is 2.09. The molecule has 0 N–H and O–H groups in total. The summed E-state index contributed by atoms with van der Waals surface area (Å²) in [6, 6.07) is 0. The van der Waals surface area contributed by atoms with Gasteiger partial charge in [-0.05, 0) is 26.2 Å². The van der Waals surface area contributed by atoms with Crippen LogP contribution in [0, 0.1) is 0 Å². The second-order valence-electron chi connectivity index (χ2n) is 4.51. The van der Waals surface area contributed by atoms with Crippen molar-refractivity contribution in [3.8, 4) is 0 Å². The van der Waals surface area contributed by atoms with Crippen LogP contribution in [0.1, 0.15) is 47.0 Å². The minimum atomic E-state index is -2.00. The van der Waals surface area contributed by atoms with E-state index < -0.39 is 17.5 Å². The van der Waals surface area contributed by atoms with Crippen molar-refractivity contribution in [2.75, 3.05) is 33.0 Å². The third kappa shape index (κ3) is 7.95. The fourth-order valence-corrected chi connectivity index (χ4v) is 1.56. The van der Waals surface area contributed by atoms with Gasteiger partial charge in [-0.2, -0.15) is 0 Å². The van der Waals surface area contributed by atoms with Crippen LogP contribution in [0.2, 0.25) is 0 Å². The summed E-state index contributed by atoms with van der Waals surface area (Å²) < 4.78 is 21.1. The maximum Gasteiger partial charge on any atom is 0.375 e. The number of carbonyl (C=O) groups excluding carboxylic acids is 2. The number of ketones is 1. The van der Waals surface area contributed by atoms with Crippen molar-refractivity contribution in [1.29, 1.82) is 0 Å². The van der Waals surface area contributed by atoms with Gasteiger partial charge >= 0.3 is 11.8 Å². The Bertz CT molecular complexity index is 300. The zero-order chi connectivity index (χ0) is 16.1. The minimum Gasteiger partial charge on any atom is -0.462 e. The first-order valence-corrected chi connectivity index (χ1v) is 7.65. The van der Waals surface area contributed by atoms with Crippen LogP contribution in [0.5, 0.6) is 0 Å². The molecule has 6 nitrogen and oxygen atoms in total. The molecule has 0 aliphatic carbocycles. The van der Waals surface area contributed by atoms with E-state index in [1.807, 2.05) is 20.8 Å². The molecule has 0 aliphatic rings. The zero-order valence-corrected chi connectivity index (χ0v) is 16.6. The molecule has 22 heavy (non-hydrogen) atoms. The van der Waals surface area contributed by atoms with Gasteiger partial charge in [-0.1, -0.05) is 20.8 Å². The Hall–Kier alpha value is -0.0969. The summed E-state index contributed by atoms with van der Waals surface area (Å²) in [6.45, 7) is 8.16. The van der Waals surface area contributed by atoms with Gasteiger partial charge in [-0.15, -0.1) is 0 Å².